The van der Waals surface area contributed by atoms with Gasteiger partial charge in [0.25, 0.3) is 5.91 Å². The second-order valence-corrected chi connectivity index (χ2v) is 7.40. The van der Waals surface area contributed by atoms with Crippen molar-refractivity contribution < 1.29 is 29.3 Å². The smallest absolute Gasteiger partial charge is 0.414 e. The van der Waals surface area contributed by atoms with Crippen molar-refractivity contribution in [1.29, 1.82) is 0 Å². The Labute approximate surface area is 187 Å². The van der Waals surface area contributed by atoms with Gasteiger partial charge in [-0.3, -0.25) is 4.79 Å². The SMILES string of the molecule is CN(C)CCOC1=C(c2ccccc2)CN(CCc2ccccc2)C1=O.O=C(O)C(=O)O. The van der Waals surface area contributed by atoms with Crippen LogP contribution in [0.4, 0.5) is 0 Å². The predicted octanol–water partition coefficient (Wildman–Crippen LogP) is 2.22. The van der Waals surface area contributed by atoms with Crippen LogP contribution in [0, 0.1) is 0 Å². The van der Waals surface area contributed by atoms with Crippen LogP contribution >= 0.6 is 0 Å². The van der Waals surface area contributed by atoms with E-state index in [4.69, 9.17) is 24.5 Å². The normalized spacial score (nSPS) is 13.1. The number of amides is 1. The summed E-state index contributed by atoms with van der Waals surface area (Å²) in [6, 6.07) is 20.3. The minimum Gasteiger partial charge on any atom is -0.486 e. The lowest BCUT2D eigenvalue weighted by Crippen LogP contribution is -2.30. The maximum atomic E-state index is 12.9. The number of ether oxygens (including phenoxy) is 1. The van der Waals surface area contributed by atoms with Gasteiger partial charge in [-0.25, -0.2) is 9.59 Å². The molecule has 3 rings (SSSR count). The maximum Gasteiger partial charge on any atom is 0.414 e. The van der Waals surface area contributed by atoms with E-state index in [1.807, 2.05) is 67.5 Å². The molecule has 0 spiro atoms. The van der Waals surface area contributed by atoms with E-state index in [0.717, 1.165) is 24.1 Å². The molecule has 1 aliphatic heterocycles. The topological polar surface area (TPSA) is 107 Å². The van der Waals surface area contributed by atoms with E-state index in [1.165, 1.54) is 5.56 Å². The summed E-state index contributed by atoms with van der Waals surface area (Å²) in [4.78, 5) is 35.1. The molecule has 32 heavy (non-hydrogen) atoms. The second-order valence-electron chi connectivity index (χ2n) is 7.40. The molecule has 0 saturated carbocycles. The number of carboxylic acids is 2. The lowest BCUT2D eigenvalue weighted by Gasteiger charge is -2.17. The van der Waals surface area contributed by atoms with E-state index in [2.05, 4.69) is 17.0 Å². The number of carbonyl (C=O) groups is 3. The van der Waals surface area contributed by atoms with E-state index in [0.29, 0.717) is 25.5 Å². The molecule has 2 aromatic carbocycles. The van der Waals surface area contributed by atoms with Crippen molar-refractivity contribution in [1.82, 2.24) is 9.80 Å². The van der Waals surface area contributed by atoms with Gasteiger partial charge in [0, 0.05) is 18.7 Å². The Morgan fingerprint density at radius 1 is 0.969 bits per heavy atom. The highest BCUT2D eigenvalue weighted by molar-refractivity contribution is 6.27. The van der Waals surface area contributed by atoms with Gasteiger partial charge in [-0.1, -0.05) is 60.7 Å². The zero-order valence-electron chi connectivity index (χ0n) is 18.2. The third-order valence-corrected chi connectivity index (χ3v) is 4.71. The summed E-state index contributed by atoms with van der Waals surface area (Å²) in [7, 11) is 4.00. The van der Waals surface area contributed by atoms with Crippen LogP contribution in [0.2, 0.25) is 0 Å². The van der Waals surface area contributed by atoms with Gasteiger partial charge in [0.05, 0.1) is 6.54 Å². The minimum absolute atomic E-state index is 0.00135. The number of carbonyl (C=O) groups excluding carboxylic acids is 1. The lowest BCUT2D eigenvalue weighted by molar-refractivity contribution is -0.159. The van der Waals surface area contributed by atoms with Crippen molar-refractivity contribution in [3.8, 4) is 0 Å². The quantitative estimate of drug-likeness (QED) is 0.606. The Bertz CT molecular complexity index is 929. The number of benzene rings is 2. The van der Waals surface area contributed by atoms with E-state index in [9.17, 15) is 4.79 Å². The average molecular weight is 440 g/mol. The fraction of sp³-hybridized carbons (Fsp3) is 0.292. The summed E-state index contributed by atoms with van der Waals surface area (Å²) in [6.45, 7) is 2.59. The van der Waals surface area contributed by atoms with E-state index in [-0.39, 0.29) is 5.91 Å². The van der Waals surface area contributed by atoms with Crippen LogP contribution < -0.4 is 0 Å². The van der Waals surface area contributed by atoms with Crippen LogP contribution in [0.1, 0.15) is 11.1 Å². The van der Waals surface area contributed by atoms with Gasteiger partial charge in [0.1, 0.15) is 6.61 Å². The molecule has 0 aliphatic carbocycles. The number of nitrogens with zero attached hydrogens (tertiary/aromatic N) is 2. The Morgan fingerprint density at radius 2 is 1.53 bits per heavy atom. The molecule has 0 aromatic heterocycles. The minimum atomic E-state index is -1.82. The van der Waals surface area contributed by atoms with Crippen molar-refractivity contribution in [2.75, 3.05) is 40.3 Å². The molecule has 1 amide bonds. The third-order valence-electron chi connectivity index (χ3n) is 4.71. The number of rotatable bonds is 8. The molecule has 0 fully saturated rings. The molecule has 0 atom stereocenters. The summed E-state index contributed by atoms with van der Waals surface area (Å²) in [6.07, 6.45) is 0.847. The predicted molar refractivity (Wildman–Crippen MR) is 120 cm³/mol. The molecule has 8 nitrogen and oxygen atoms in total. The number of carboxylic acid groups (broad SMARTS) is 2. The van der Waals surface area contributed by atoms with E-state index < -0.39 is 11.9 Å². The Balaban J connectivity index is 0.000000534. The van der Waals surface area contributed by atoms with Gasteiger partial charge in [-0.15, -0.1) is 0 Å². The molecule has 0 unspecified atom stereocenters. The highest BCUT2D eigenvalue weighted by Gasteiger charge is 2.32. The summed E-state index contributed by atoms with van der Waals surface area (Å²) in [5.41, 5.74) is 3.29. The monoisotopic (exact) mass is 440 g/mol. The van der Waals surface area contributed by atoms with Gasteiger partial charge in [-0.05, 0) is 31.6 Å². The number of aliphatic carboxylic acids is 2. The van der Waals surface area contributed by atoms with Crippen LogP contribution in [0.15, 0.2) is 66.4 Å². The molecule has 8 heteroatoms. The molecule has 2 aromatic rings. The summed E-state index contributed by atoms with van der Waals surface area (Å²) >= 11 is 0. The zero-order chi connectivity index (χ0) is 23.5. The number of likely N-dealkylation sites (N-methyl/N-ethyl adjacent to an activating group) is 1. The highest BCUT2D eigenvalue weighted by atomic mass is 16.5. The van der Waals surface area contributed by atoms with Crippen LogP contribution in [-0.2, 0) is 25.5 Å². The van der Waals surface area contributed by atoms with E-state index >= 15 is 0 Å². The van der Waals surface area contributed by atoms with Gasteiger partial charge >= 0.3 is 11.9 Å². The molecule has 0 radical (unpaired) electrons. The third kappa shape index (κ3) is 7.55. The molecular weight excluding hydrogens is 412 g/mol. The standard InChI is InChI=1S/C22H26N2O2.C2H2O4/c1-23(2)15-16-26-21-20(19-11-7-4-8-12-19)17-24(22(21)25)14-13-18-9-5-3-6-10-18;3-1(4)2(5)6/h3-12H,13-17H2,1-2H3;(H,3,4)(H,5,6). The fourth-order valence-electron chi connectivity index (χ4n) is 3.04. The van der Waals surface area contributed by atoms with Crippen molar-refractivity contribution in [2.24, 2.45) is 0 Å². The molecule has 0 saturated heterocycles. The Morgan fingerprint density at radius 3 is 2.06 bits per heavy atom. The van der Waals surface area contributed by atoms with Crippen molar-refractivity contribution in [2.45, 2.75) is 6.42 Å². The van der Waals surface area contributed by atoms with Crippen LogP contribution in [-0.4, -0.2) is 78.2 Å². The van der Waals surface area contributed by atoms with Crippen molar-refractivity contribution >= 4 is 23.4 Å². The van der Waals surface area contributed by atoms with Crippen LogP contribution in [0.5, 0.6) is 0 Å². The maximum absolute atomic E-state index is 12.9. The van der Waals surface area contributed by atoms with Gasteiger partial charge in [0.15, 0.2) is 5.76 Å². The Kier molecular flexibility index (Phi) is 9.43. The van der Waals surface area contributed by atoms with Gasteiger partial charge < -0.3 is 24.7 Å². The second kappa shape index (κ2) is 12.3. The zero-order valence-corrected chi connectivity index (χ0v) is 18.2. The van der Waals surface area contributed by atoms with Crippen LogP contribution in [0.3, 0.4) is 0 Å². The first-order valence-electron chi connectivity index (χ1n) is 10.1. The van der Waals surface area contributed by atoms with Crippen molar-refractivity contribution in [3.05, 3.63) is 77.5 Å². The molecule has 0 bridgehead atoms. The lowest BCUT2D eigenvalue weighted by atomic mass is 10.1. The first-order valence-corrected chi connectivity index (χ1v) is 10.1. The average Bonchev–Trinajstić information content (AvgIpc) is 3.09. The molecule has 1 aliphatic rings. The summed E-state index contributed by atoms with van der Waals surface area (Å²) < 4.78 is 5.92. The van der Waals surface area contributed by atoms with Gasteiger partial charge in [0.2, 0.25) is 0 Å². The summed E-state index contributed by atoms with van der Waals surface area (Å²) in [5.74, 6) is -3.14. The molecule has 2 N–H and O–H groups in total. The van der Waals surface area contributed by atoms with Crippen molar-refractivity contribution in [3.63, 3.8) is 0 Å². The first kappa shape index (κ1) is 24.6. The first-order chi connectivity index (χ1) is 15.3. The molecular formula is C24H28N2O6. The van der Waals surface area contributed by atoms with E-state index in [1.54, 1.807) is 0 Å². The largest absolute Gasteiger partial charge is 0.486 e. The highest BCUT2D eigenvalue weighted by Crippen LogP contribution is 2.28. The number of hydrogen-bond donors (Lipinski definition) is 2. The Hall–Kier alpha value is -3.65. The molecule has 170 valence electrons. The molecule has 1 heterocycles. The fourth-order valence-corrected chi connectivity index (χ4v) is 3.04. The van der Waals surface area contributed by atoms with Crippen LogP contribution in [0.25, 0.3) is 5.57 Å². The summed E-state index contributed by atoms with van der Waals surface area (Å²) in [5, 5.41) is 14.8. The van der Waals surface area contributed by atoms with Gasteiger partial charge in [-0.2, -0.15) is 0 Å². The number of hydrogen-bond acceptors (Lipinski definition) is 5.